The van der Waals surface area contributed by atoms with Crippen molar-refractivity contribution in [3.05, 3.63) is 0 Å². The monoisotopic (exact) mass is 302 g/mol. The predicted molar refractivity (Wildman–Crippen MR) is 85.4 cm³/mol. The topological polar surface area (TPSA) is 58.2 Å². The molecule has 0 aromatic carbocycles. The van der Waals surface area contributed by atoms with Crippen LogP contribution in [0.5, 0.6) is 0 Å². The molecule has 1 atom stereocenters. The van der Waals surface area contributed by atoms with Gasteiger partial charge in [-0.1, -0.05) is 32.1 Å². The molecule has 0 spiro atoms. The van der Waals surface area contributed by atoms with E-state index in [2.05, 4.69) is 10.6 Å². The molecule has 2 N–H and O–H groups in total. The van der Waals surface area contributed by atoms with Crippen LogP contribution in [0, 0.1) is 0 Å². The van der Waals surface area contributed by atoms with Crippen LogP contribution in [0.4, 0.5) is 4.79 Å². The molecular weight excluding hydrogens is 272 g/mol. The lowest BCUT2D eigenvalue weighted by Gasteiger charge is -2.22. The van der Waals surface area contributed by atoms with Crippen molar-refractivity contribution < 1.29 is 9.00 Å². The largest absolute Gasteiger partial charge is 0.337 e. The molecular formula is C15H30N2O2S. The van der Waals surface area contributed by atoms with Gasteiger partial charge in [0.15, 0.2) is 0 Å². The third kappa shape index (κ3) is 7.27. The lowest BCUT2D eigenvalue weighted by Crippen LogP contribution is -2.44. The highest BCUT2D eigenvalue weighted by Gasteiger charge is 2.19. The summed E-state index contributed by atoms with van der Waals surface area (Å²) in [5.41, 5.74) is 0. The second-order valence-electron chi connectivity index (χ2n) is 6.60. The molecule has 1 unspecified atom stereocenters. The van der Waals surface area contributed by atoms with Crippen LogP contribution < -0.4 is 10.6 Å². The van der Waals surface area contributed by atoms with E-state index in [4.69, 9.17) is 0 Å². The second-order valence-corrected chi connectivity index (χ2v) is 8.93. The number of hydrogen-bond acceptors (Lipinski definition) is 2. The van der Waals surface area contributed by atoms with E-state index in [0.29, 0.717) is 18.3 Å². The Bertz CT molecular complexity index is 318. The maximum Gasteiger partial charge on any atom is 0.315 e. The van der Waals surface area contributed by atoms with Crippen LogP contribution in [0.15, 0.2) is 0 Å². The molecule has 1 fully saturated rings. The maximum absolute atomic E-state index is 11.9. The van der Waals surface area contributed by atoms with Gasteiger partial charge in [-0.3, -0.25) is 4.21 Å². The number of hydrogen-bond donors (Lipinski definition) is 2. The molecule has 0 heterocycles. The summed E-state index contributed by atoms with van der Waals surface area (Å²) in [6, 6.07) is 0.199. The van der Waals surface area contributed by atoms with E-state index < -0.39 is 10.8 Å². The molecule has 1 aliphatic rings. The molecule has 2 amide bonds. The van der Waals surface area contributed by atoms with Crippen LogP contribution >= 0.6 is 0 Å². The van der Waals surface area contributed by atoms with Crippen molar-refractivity contribution in [3.8, 4) is 0 Å². The van der Waals surface area contributed by atoms with Crippen LogP contribution in [0.2, 0.25) is 0 Å². The van der Waals surface area contributed by atoms with Crippen molar-refractivity contribution in [2.45, 2.75) is 76.5 Å². The summed E-state index contributed by atoms with van der Waals surface area (Å²) < 4.78 is 11.6. The predicted octanol–water partition coefficient (Wildman–Crippen LogP) is 2.95. The molecule has 5 heteroatoms. The third-order valence-electron chi connectivity index (χ3n) is 3.70. The molecule has 118 valence electrons. The van der Waals surface area contributed by atoms with E-state index in [1.807, 2.05) is 20.8 Å². The number of nitrogens with one attached hydrogen (secondary N) is 2. The van der Waals surface area contributed by atoms with Crippen LogP contribution in [0.1, 0.15) is 65.7 Å². The Morgan fingerprint density at radius 2 is 1.65 bits per heavy atom. The summed E-state index contributed by atoms with van der Waals surface area (Å²) >= 11 is 0. The maximum atomic E-state index is 11.9. The molecule has 0 aromatic heterocycles. The zero-order valence-electron chi connectivity index (χ0n) is 13.2. The fourth-order valence-corrected chi connectivity index (χ4v) is 3.30. The van der Waals surface area contributed by atoms with E-state index in [9.17, 15) is 9.00 Å². The SMILES string of the molecule is CC(C)(C)S(=O)CCNC(=O)NC1CCCCCCC1. The van der Waals surface area contributed by atoms with Crippen molar-refractivity contribution in [2.75, 3.05) is 12.3 Å². The van der Waals surface area contributed by atoms with Gasteiger partial charge in [0, 0.05) is 33.9 Å². The van der Waals surface area contributed by atoms with Crippen LogP contribution in [-0.4, -0.2) is 33.3 Å². The average molecular weight is 302 g/mol. The first kappa shape index (κ1) is 17.5. The minimum absolute atomic E-state index is 0.110. The first-order chi connectivity index (χ1) is 9.39. The normalized spacial score (nSPS) is 19.8. The van der Waals surface area contributed by atoms with Gasteiger partial charge in [-0.25, -0.2) is 4.79 Å². The third-order valence-corrected chi connectivity index (χ3v) is 5.64. The fraction of sp³-hybridized carbons (Fsp3) is 0.933. The van der Waals surface area contributed by atoms with E-state index in [-0.39, 0.29) is 10.8 Å². The number of amides is 2. The van der Waals surface area contributed by atoms with E-state index >= 15 is 0 Å². The summed E-state index contributed by atoms with van der Waals surface area (Å²) in [6.45, 7) is 6.34. The quantitative estimate of drug-likeness (QED) is 0.839. The Kier molecular flexibility index (Phi) is 7.56. The van der Waals surface area contributed by atoms with Gasteiger partial charge in [0.1, 0.15) is 0 Å². The molecule has 0 aromatic rings. The number of rotatable bonds is 4. The number of carbonyl (C=O) groups is 1. The zero-order chi connectivity index (χ0) is 15.0. The van der Waals surface area contributed by atoms with Gasteiger partial charge >= 0.3 is 6.03 Å². The minimum atomic E-state index is -0.908. The van der Waals surface area contributed by atoms with E-state index in [1.165, 1.54) is 32.1 Å². The van der Waals surface area contributed by atoms with Gasteiger partial charge in [-0.2, -0.15) is 0 Å². The van der Waals surface area contributed by atoms with E-state index in [0.717, 1.165) is 12.8 Å². The molecule has 0 aliphatic heterocycles. The Balaban J connectivity index is 2.20. The molecule has 0 saturated heterocycles. The highest BCUT2D eigenvalue weighted by molar-refractivity contribution is 7.86. The highest BCUT2D eigenvalue weighted by Crippen LogP contribution is 2.17. The molecule has 0 radical (unpaired) electrons. The number of carbonyl (C=O) groups excluding carboxylic acids is 1. The van der Waals surface area contributed by atoms with Crippen molar-refractivity contribution >= 4 is 16.8 Å². The minimum Gasteiger partial charge on any atom is -0.337 e. The summed E-state index contributed by atoms with van der Waals surface area (Å²) in [7, 11) is -0.908. The van der Waals surface area contributed by atoms with Crippen molar-refractivity contribution in [3.63, 3.8) is 0 Å². The Labute approximate surface area is 125 Å². The lowest BCUT2D eigenvalue weighted by atomic mass is 9.97. The van der Waals surface area contributed by atoms with Crippen LogP contribution in [-0.2, 0) is 10.8 Å². The van der Waals surface area contributed by atoms with Gasteiger partial charge in [0.2, 0.25) is 0 Å². The summed E-state index contributed by atoms with van der Waals surface area (Å²) in [5, 5.41) is 5.88. The Morgan fingerprint density at radius 1 is 1.10 bits per heavy atom. The molecule has 1 saturated carbocycles. The highest BCUT2D eigenvalue weighted by atomic mass is 32.2. The van der Waals surface area contributed by atoms with Gasteiger partial charge in [0.05, 0.1) is 0 Å². The molecule has 1 aliphatic carbocycles. The van der Waals surface area contributed by atoms with Crippen LogP contribution in [0.25, 0.3) is 0 Å². The van der Waals surface area contributed by atoms with Gasteiger partial charge in [-0.15, -0.1) is 0 Å². The van der Waals surface area contributed by atoms with Gasteiger partial charge < -0.3 is 10.6 Å². The lowest BCUT2D eigenvalue weighted by molar-refractivity contribution is 0.234. The summed E-state index contributed by atoms with van der Waals surface area (Å²) in [6.07, 6.45) is 8.48. The molecule has 20 heavy (non-hydrogen) atoms. The van der Waals surface area contributed by atoms with Crippen LogP contribution in [0.3, 0.4) is 0 Å². The standard InChI is InChI=1S/C15H30N2O2S/c1-15(2,3)20(19)12-11-16-14(18)17-13-9-7-5-4-6-8-10-13/h13H,4-12H2,1-3H3,(H2,16,17,18). The Morgan fingerprint density at radius 3 is 2.20 bits per heavy atom. The van der Waals surface area contributed by atoms with Crippen molar-refractivity contribution in [1.29, 1.82) is 0 Å². The van der Waals surface area contributed by atoms with Gasteiger partial charge in [-0.05, 0) is 33.6 Å². The smallest absolute Gasteiger partial charge is 0.315 e. The molecule has 4 nitrogen and oxygen atoms in total. The van der Waals surface area contributed by atoms with Crippen molar-refractivity contribution in [2.24, 2.45) is 0 Å². The second kappa shape index (κ2) is 8.65. The summed E-state index contributed by atoms with van der Waals surface area (Å²) in [5.74, 6) is 0.515. The first-order valence-electron chi connectivity index (χ1n) is 7.82. The zero-order valence-corrected chi connectivity index (χ0v) is 14.0. The first-order valence-corrected chi connectivity index (χ1v) is 9.14. The fourth-order valence-electron chi connectivity index (χ4n) is 2.40. The molecule has 1 rings (SSSR count). The number of urea groups is 1. The average Bonchev–Trinajstić information content (AvgIpc) is 2.31. The van der Waals surface area contributed by atoms with Gasteiger partial charge in [0.25, 0.3) is 0 Å². The van der Waals surface area contributed by atoms with E-state index in [1.54, 1.807) is 0 Å². The summed E-state index contributed by atoms with van der Waals surface area (Å²) in [4.78, 5) is 11.8. The van der Waals surface area contributed by atoms with Crippen molar-refractivity contribution in [1.82, 2.24) is 10.6 Å². The molecule has 0 bridgehead atoms. The Hall–Kier alpha value is -0.580.